The highest BCUT2D eigenvalue weighted by atomic mass is 19.1. The van der Waals surface area contributed by atoms with Crippen LogP contribution < -0.4 is 15.5 Å². The van der Waals surface area contributed by atoms with Gasteiger partial charge in [-0.3, -0.25) is 14.8 Å². The molecule has 8 nitrogen and oxygen atoms in total. The summed E-state index contributed by atoms with van der Waals surface area (Å²) in [5.74, 6) is -0.877. The third kappa shape index (κ3) is 3.64. The summed E-state index contributed by atoms with van der Waals surface area (Å²) in [7, 11) is 2.05. The number of aryl methyl sites for hydroxylation is 1. The number of piperidine rings is 1. The molecule has 2 N–H and O–H groups in total. The molecule has 0 radical (unpaired) electrons. The number of carbonyl (C=O) groups excluding carboxylic acids is 1. The summed E-state index contributed by atoms with van der Waals surface area (Å²) < 4.78 is 16.0. The molecule has 4 heterocycles. The molecule has 1 aliphatic heterocycles. The number of anilines is 2. The Morgan fingerprint density at radius 1 is 1.25 bits per heavy atom. The molecule has 0 spiro atoms. The van der Waals surface area contributed by atoms with Crippen LogP contribution in [0.2, 0.25) is 0 Å². The monoisotopic (exact) mass is 433 g/mol. The lowest BCUT2D eigenvalue weighted by atomic mass is 10.0. The molecule has 164 valence electrons. The first-order chi connectivity index (χ1) is 15.5. The van der Waals surface area contributed by atoms with Gasteiger partial charge in [0.25, 0.3) is 5.91 Å². The fourth-order valence-corrected chi connectivity index (χ4v) is 4.32. The Hall–Kier alpha value is -3.59. The van der Waals surface area contributed by atoms with E-state index in [1.165, 1.54) is 6.07 Å². The molecule has 0 aliphatic carbocycles. The first-order valence-electron chi connectivity index (χ1n) is 10.6. The maximum Gasteiger partial charge on any atom is 0.257 e. The third-order valence-corrected chi connectivity index (χ3v) is 5.93. The summed E-state index contributed by atoms with van der Waals surface area (Å²) in [6.07, 6.45) is 8.77. The Labute approximate surface area is 184 Å². The van der Waals surface area contributed by atoms with E-state index < -0.39 is 5.82 Å². The average molecular weight is 433 g/mol. The topological polar surface area (TPSA) is 87.5 Å². The van der Waals surface area contributed by atoms with E-state index >= 15 is 0 Å². The Morgan fingerprint density at radius 2 is 2.06 bits per heavy atom. The van der Waals surface area contributed by atoms with Crippen LogP contribution in [0.15, 0.2) is 43.0 Å². The molecule has 5 rings (SSSR count). The first-order valence-corrected chi connectivity index (χ1v) is 10.6. The summed E-state index contributed by atoms with van der Waals surface area (Å²) >= 11 is 0. The van der Waals surface area contributed by atoms with Crippen LogP contribution in [0.3, 0.4) is 0 Å². The standard InChI is InChI=1S/C23H24FN7O/c1-14-12-31-13-15(10-18(24)22(31)28-14)29-23(32)17-5-6-19(21-20(17)26-8-9-27-21)30(2)16-4-3-7-25-11-16/h5-6,8-10,12-13,16,25H,3-4,7,11H2,1-2H3,(H,29,32)/t16-/m1/s1. The molecule has 4 aromatic rings. The van der Waals surface area contributed by atoms with E-state index in [-0.39, 0.29) is 11.6 Å². The highest BCUT2D eigenvalue weighted by molar-refractivity contribution is 6.13. The SMILES string of the molecule is Cc1cn2cc(NC(=O)c3ccc(N(C)[C@@H]4CCCNC4)c4nccnc34)cc(F)c2n1. The lowest BCUT2D eigenvalue weighted by molar-refractivity contribution is 0.102. The van der Waals surface area contributed by atoms with Crippen LogP contribution >= 0.6 is 0 Å². The van der Waals surface area contributed by atoms with Crippen molar-refractivity contribution in [2.75, 3.05) is 30.4 Å². The summed E-state index contributed by atoms with van der Waals surface area (Å²) in [6.45, 7) is 3.73. The number of likely N-dealkylation sites (N-methyl/N-ethyl adjacent to an activating group) is 1. The van der Waals surface area contributed by atoms with Gasteiger partial charge >= 0.3 is 0 Å². The number of imidazole rings is 1. The van der Waals surface area contributed by atoms with Crippen molar-refractivity contribution in [3.8, 4) is 0 Å². The second-order valence-electron chi connectivity index (χ2n) is 8.14. The van der Waals surface area contributed by atoms with E-state index in [2.05, 4.69) is 30.5 Å². The Morgan fingerprint density at radius 3 is 2.84 bits per heavy atom. The van der Waals surface area contributed by atoms with Crippen molar-refractivity contribution >= 4 is 34.0 Å². The minimum Gasteiger partial charge on any atom is -0.369 e. The number of hydrogen-bond acceptors (Lipinski definition) is 6. The van der Waals surface area contributed by atoms with E-state index in [1.807, 2.05) is 13.1 Å². The number of amides is 1. The predicted octanol–water partition coefficient (Wildman–Crippen LogP) is 3.17. The molecular formula is C23H24FN7O. The molecule has 1 fully saturated rings. The number of hydrogen-bond donors (Lipinski definition) is 2. The minimum absolute atomic E-state index is 0.224. The molecular weight excluding hydrogens is 409 g/mol. The zero-order chi connectivity index (χ0) is 22.2. The van der Waals surface area contributed by atoms with Crippen LogP contribution in [0.25, 0.3) is 16.7 Å². The average Bonchev–Trinajstić information content (AvgIpc) is 3.19. The van der Waals surface area contributed by atoms with Gasteiger partial charge in [-0.1, -0.05) is 0 Å². The predicted molar refractivity (Wildman–Crippen MR) is 122 cm³/mol. The smallest absolute Gasteiger partial charge is 0.257 e. The number of nitrogens with zero attached hydrogens (tertiary/aromatic N) is 5. The molecule has 1 saturated heterocycles. The molecule has 32 heavy (non-hydrogen) atoms. The Kier molecular flexibility index (Phi) is 5.18. The lowest BCUT2D eigenvalue weighted by Gasteiger charge is -2.33. The van der Waals surface area contributed by atoms with Gasteiger partial charge < -0.3 is 19.9 Å². The first kappa shape index (κ1) is 20.3. The number of carbonyl (C=O) groups is 1. The molecule has 1 aromatic carbocycles. The number of fused-ring (bicyclic) bond motifs is 2. The van der Waals surface area contributed by atoms with Crippen LogP contribution in [0.5, 0.6) is 0 Å². The summed E-state index contributed by atoms with van der Waals surface area (Å²) in [5, 5.41) is 6.22. The zero-order valence-corrected chi connectivity index (χ0v) is 18.0. The van der Waals surface area contributed by atoms with Gasteiger partial charge in [0.1, 0.15) is 11.0 Å². The molecule has 0 unspecified atom stereocenters. The van der Waals surface area contributed by atoms with Crippen molar-refractivity contribution in [3.05, 3.63) is 60.1 Å². The highest BCUT2D eigenvalue weighted by Crippen LogP contribution is 2.29. The van der Waals surface area contributed by atoms with Crippen LogP contribution in [0, 0.1) is 12.7 Å². The van der Waals surface area contributed by atoms with Crippen LogP contribution in [0.1, 0.15) is 28.9 Å². The zero-order valence-electron chi connectivity index (χ0n) is 18.0. The molecule has 3 aromatic heterocycles. The number of nitrogens with one attached hydrogen (secondary N) is 2. The van der Waals surface area contributed by atoms with Crippen molar-refractivity contribution in [2.45, 2.75) is 25.8 Å². The summed E-state index contributed by atoms with van der Waals surface area (Å²) in [4.78, 5) is 28.4. The maximum absolute atomic E-state index is 14.4. The second kappa shape index (κ2) is 8.16. The van der Waals surface area contributed by atoms with E-state index in [4.69, 9.17) is 0 Å². The summed E-state index contributed by atoms with van der Waals surface area (Å²) in [6, 6.07) is 5.28. The normalized spacial score (nSPS) is 16.4. The van der Waals surface area contributed by atoms with E-state index in [0.29, 0.717) is 34.0 Å². The Balaban J connectivity index is 1.48. The van der Waals surface area contributed by atoms with Crippen molar-refractivity contribution in [3.63, 3.8) is 0 Å². The fourth-order valence-electron chi connectivity index (χ4n) is 4.32. The number of rotatable bonds is 4. The molecule has 9 heteroatoms. The minimum atomic E-state index is -0.501. The van der Waals surface area contributed by atoms with Crippen molar-refractivity contribution in [1.29, 1.82) is 0 Å². The van der Waals surface area contributed by atoms with Gasteiger partial charge in [-0.2, -0.15) is 0 Å². The van der Waals surface area contributed by atoms with Crippen LogP contribution in [-0.2, 0) is 0 Å². The van der Waals surface area contributed by atoms with Gasteiger partial charge in [0.15, 0.2) is 11.5 Å². The van der Waals surface area contributed by atoms with Crippen molar-refractivity contribution in [2.24, 2.45) is 0 Å². The highest BCUT2D eigenvalue weighted by Gasteiger charge is 2.22. The van der Waals surface area contributed by atoms with Gasteiger partial charge in [-0.05, 0) is 38.4 Å². The van der Waals surface area contributed by atoms with Crippen molar-refractivity contribution in [1.82, 2.24) is 24.7 Å². The molecule has 1 aliphatic rings. The molecule has 1 atom stereocenters. The van der Waals surface area contributed by atoms with Gasteiger partial charge in [-0.15, -0.1) is 0 Å². The van der Waals surface area contributed by atoms with Gasteiger partial charge in [-0.25, -0.2) is 9.37 Å². The number of pyridine rings is 1. The van der Waals surface area contributed by atoms with Crippen molar-refractivity contribution < 1.29 is 9.18 Å². The fraction of sp³-hybridized carbons (Fsp3) is 0.304. The third-order valence-electron chi connectivity index (χ3n) is 5.93. The van der Waals surface area contributed by atoms with Gasteiger partial charge in [0.2, 0.25) is 0 Å². The van der Waals surface area contributed by atoms with E-state index in [0.717, 1.165) is 31.6 Å². The maximum atomic E-state index is 14.4. The van der Waals surface area contributed by atoms with E-state index in [1.54, 1.807) is 42.2 Å². The van der Waals surface area contributed by atoms with E-state index in [9.17, 15) is 9.18 Å². The number of halogens is 1. The lowest BCUT2D eigenvalue weighted by Crippen LogP contribution is -2.44. The van der Waals surface area contributed by atoms with Crippen LogP contribution in [-0.4, -0.2) is 51.4 Å². The molecule has 1 amide bonds. The van der Waals surface area contributed by atoms with Crippen LogP contribution in [0.4, 0.5) is 15.8 Å². The molecule has 0 bridgehead atoms. The van der Waals surface area contributed by atoms with Gasteiger partial charge in [0, 0.05) is 50.5 Å². The summed E-state index contributed by atoms with van der Waals surface area (Å²) in [5.41, 5.74) is 3.75. The van der Waals surface area contributed by atoms with Gasteiger partial charge in [0.05, 0.1) is 22.6 Å². The number of benzene rings is 1. The number of aromatic nitrogens is 4. The molecule has 0 saturated carbocycles. The second-order valence-corrected chi connectivity index (χ2v) is 8.14. The Bertz CT molecular complexity index is 1310. The largest absolute Gasteiger partial charge is 0.369 e. The quantitative estimate of drug-likeness (QED) is 0.514.